The number of hydrogen-bond acceptors (Lipinski definition) is 6. The van der Waals surface area contributed by atoms with Gasteiger partial charge in [-0.2, -0.15) is 5.10 Å². The second-order valence-corrected chi connectivity index (χ2v) is 10.3. The van der Waals surface area contributed by atoms with Crippen LogP contribution in [-0.2, 0) is 12.5 Å². The number of hydrogen-bond donors (Lipinski definition) is 0. The van der Waals surface area contributed by atoms with Crippen molar-refractivity contribution in [2.45, 2.75) is 32.2 Å². The summed E-state index contributed by atoms with van der Waals surface area (Å²) in [5.74, 6) is -0.439. The van der Waals surface area contributed by atoms with Gasteiger partial charge in [0.1, 0.15) is 10.8 Å². The first kappa shape index (κ1) is 21.0. The van der Waals surface area contributed by atoms with Gasteiger partial charge in [0.2, 0.25) is 5.01 Å². The first-order valence-corrected chi connectivity index (χ1v) is 12.0. The van der Waals surface area contributed by atoms with Crippen molar-refractivity contribution in [1.29, 1.82) is 0 Å². The molecule has 9 heteroatoms. The molecule has 0 bridgehead atoms. The Kier molecular flexibility index (Phi) is 4.98. The van der Waals surface area contributed by atoms with Gasteiger partial charge in [-0.25, -0.2) is 4.39 Å². The average molecular weight is 468 g/mol. The Morgan fingerprint density at radius 3 is 2.81 bits per heavy atom. The summed E-state index contributed by atoms with van der Waals surface area (Å²) in [6.45, 7) is 6.57. The van der Waals surface area contributed by atoms with E-state index >= 15 is 0 Å². The van der Waals surface area contributed by atoms with Crippen molar-refractivity contribution in [3.63, 3.8) is 0 Å². The van der Waals surface area contributed by atoms with Crippen molar-refractivity contribution in [3.8, 4) is 10.6 Å². The average Bonchev–Trinajstić information content (AvgIpc) is 3.51. The molecule has 2 atom stereocenters. The minimum atomic E-state index is -0.368. The molecule has 6 nitrogen and oxygen atoms in total. The van der Waals surface area contributed by atoms with Gasteiger partial charge in [0.25, 0.3) is 5.91 Å². The summed E-state index contributed by atoms with van der Waals surface area (Å²) in [4.78, 5) is 16.7. The molecule has 0 saturated carbocycles. The SMILES string of the molecule is Cc1cc(F)ccc1-c1nnc(C(=O)N2C[C@@](C)(c3cnn(C)c3)c3ccsc3[C@H]2C)s1. The minimum absolute atomic E-state index is 0.0675. The lowest BCUT2D eigenvalue weighted by molar-refractivity contribution is 0.0631. The maximum atomic E-state index is 13.6. The molecule has 32 heavy (non-hydrogen) atoms. The molecule has 0 radical (unpaired) electrons. The zero-order valence-electron chi connectivity index (χ0n) is 18.2. The number of amides is 1. The van der Waals surface area contributed by atoms with Crippen LogP contribution in [0.5, 0.6) is 0 Å². The van der Waals surface area contributed by atoms with Gasteiger partial charge in [0, 0.05) is 41.2 Å². The van der Waals surface area contributed by atoms with Crippen molar-refractivity contribution in [1.82, 2.24) is 24.9 Å². The maximum absolute atomic E-state index is 13.6. The molecule has 0 unspecified atom stereocenters. The van der Waals surface area contributed by atoms with Crippen LogP contribution in [0.3, 0.4) is 0 Å². The van der Waals surface area contributed by atoms with Crippen LogP contribution in [0.4, 0.5) is 4.39 Å². The summed E-state index contributed by atoms with van der Waals surface area (Å²) >= 11 is 2.91. The smallest absolute Gasteiger partial charge is 0.285 e. The number of fused-ring (bicyclic) bond motifs is 1. The Balaban J connectivity index is 1.51. The van der Waals surface area contributed by atoms with Crippen molar-refractivity contribution >= 4 is 28.6 Å². The van der Waals surface area contributed by atoms with Crippen molar-refractivity contribution in [3.05, 3.63) is 74.4 Å². The molecule has 0 N–H and O–H groups in total. The van der Waals surface area contributed by atoms with Crippen LogP contribution < -0.4 is 0 Å². The van der Waals surface area contributed by atoms with E-state index in [-0.39, 0.29) is 23.2 Å². The zero-order chi connectivity index (χ0) is 22.6. The molecule has 1 aliphatic heterocycles. The Morgan fingerprint density at radius 1 is 1.28 bits per heavy atom. The number of aromatic nitrogens is 4. The van der Waals surface area contributed by atoms with E-state index in [9.17, 15) is 9.18 Å². The lowest BCUT2D eigenvalue weighted by atomic mass is 9.74. The molecule has 0 spiro atoms. The highest BCUT2D eigenvalue weighted by molar-refractivity contribution is 7.16. The van der Waals surface area contributed by atoms with E-state index in [1.54, 1.807) is 22.1 Å². The van der Waals surface area contributed by atoms with E-state index in [1.165, 1.54) is 33.9 Å². The summed E-state index contributed by atoms with van der Waals surface area (Å²) in [6.07, 6.45) is 3.89. The minimum Gasteiger partial charge on any atom is -0.328 e. The van der Waals surface area contributed by atoms with E-state index in [0.29, 0.717) is 16.6 Å². The molecular weight excluding hydrogens is 445 g/mol. The van der Waals surface area contributed by atoms with Crippen LogP contribution >= 0.6 is 22.7 Å². The van der Waals surface area contributed by atoms with Gasteiger partial charge in [-0.05, 0) is 61.5 Å². The van der Waals surface area contributed by atoms with E-state index in [0.717, 1.165) is 16.7 Å². The number of thiophene rings is 1. The van der Waals surface area contributed by atoms with Crippen LogP contribution in [-0.4, -0.2) is 37.3 Å². The lowest BCUT2D eigenvalue weighted by Crippen LogP contribution is -2.48. The Hall–Kier alpha value is -2.91. The molecule has 4 aromatic rings. The van der Waals surface area contributed by atoms with Crippen LogP contribution in [0.25, 0.3) is 10.6 Å². The van der Waals surface area contributed by atoms with Crippen molar-refractivity contribution in [2.75, 3.05) is 6.54 Å². The molecule has 0 saturated heterocycles. The first-order chi connectivity index (χ1) is 15.3. The van der Waals surface area contributed by atoms with Crippen LogP contribution in [0.2, 0.25) is 0 Å². The zero-order valence-corrected chi connectivity index (χ0v) is 19.8. The van der Waals surface area contributed by atoms with Gasteiger partial charge in [-0.1, -0.05) is 11.3 Å². The predicted molar refractivity (Wildman–Crippen MR) is 123 cm³/mol. The summed E-state index contributed by atoms with van der Waals surface area (Å²) in [7, 11) is 1.90. The second kappa shape index (κ2) is 7.60. The third-order valence-corrected chi connectivity index (χ3v) is 8.28. The monoisotopic (exact) mass is 467 g/mol. The molecular formula is C23H22FN5OS2. The highest BCUT2D eigenvalue weighted by Crippen LogP contribution is 2.46. The van der Waals surface area contributed by atoms with Gasteiger partial charge in [-0.15, -0.1) is 21.5 Å². The van der Waals surface area contributed by atoms with E-state index < -0.39 is 0 Å². The maximum Gasteiger partial charge on any atom is 0.285 e. The van der Waals surface area contributed by atoms with Gasteiger partial charge < -0.3 is 4.90 Å². The largest absolute Gasteiger partial charge is 0.328 e. The molecule has 164 valence electrons. The van der Waals surface area contributed by atoms with Gasteiger partial charge in [-0.3, -0.25) is 9.48 Å². The Labute approximate surface area is 193 Å². The topological polar surface area (TPSA) is 63.9 Å². The normalized spacial score (nSPS) is 20.4. The Bertz CT molecular complexity index is 1330. The number of nitrogens with zero attached hydrogens (tertiary/aromatic N) is 5. The molecule has 1 aliphatic rings. The number of halogens is 1. The highest BCUT2D eigenvalue weighted by Gasteiger charge is 2.44. The Morgan fingerprint density at radius 2 is 2.09 bits per heavy atom. The first-order valence-electron chi connectivity index (χ1n) is 10.3. The summed E-state index contributed by atoms with van der Waals surface area (Å²) < 4.78 is 15.3. The highest BCUT2D eigenvalue weighted by atomic mass is 32.1. The fraction of sp³-hybridized carbons (Fsp3) is 0.304. The fourth-order valence-corrected chi connectivity index (χ4v) is 6.40. The second-order valence-electron chi connectivity index (χ2n) is 8.41. The number of carbonyl (C=O) groups is 1. The summed E-state index contributed by atoms with van der Waals surface area (Å²) in [5.41, 5.74) is 3.50. The van der Waals surface area contributed by atoms with E-state index in [4.69, 9.17) is 0 Å². The lowest BCUT2D eigenvalue weighted by Gasteiger charge is -2.43. The van der Waals surface area contributed by atoms with E-state index in [1.807, 2.05) is 31.3 Å². The van der Waals surface area contributed by atoms with Crippen LogP contribution in [0.1, 0.15) is 51.3 Å². The quantitative estimate of drug-likeness (QED) is 0.427. The predicted octanol–water partition coefficient (Wildman–Crippen LogP) is 4.97. The molecule has 5 rings (SSSR count). The van der Waals surface area contributed by atoms with Gasteiger partial charge in [0.15, 0.2) is 0 Å². The molecule has 0 aliphatic carbocycles. The molecule has 3 aromatic heterocycles. The van der Waals surface area contributed by atoms with E-state index in [2.05, 4.69) is 40.6 Å². The summed E-state index contributed by atoms with van der Waals surface area (Å²) in [6, 6.07) is 6.63. The number of aryl methyl sites for hydroxylation is 2. The van der Waals surface area contributed by atoms with Crippen molar-refractivity contribution in [2.24, 2.45) is 7.05 Å². The van der Waals surface area contributed by atoms with Gasteiger partial charge >= 0.3 is 0 Å². The van der Waals surface area contributed by atoms with Crippen molar-refractivity contribution < 1.29 is 9.18 Å². The van der Waals surface area contributed by atoms with Crippen LogP contribution in [0, 0.1) is 12.7 Å². The van der Waals surface area contributed by atoms with Gasteiger partial charge in [0.05, 0.1) is 12.2 Å². The molecule has 1 amide bonds. The molecule has 1 aromatic carbocycles. The number of carbonyl (C=O) groups excluding carboxylic acids is 1. The fourth-order valence-electron chi connectivity index (χ4n) is 4.41. The third-order valence-electron chi connectivity index (χ3n) is 6.25. The third kappa shape index (κ3) is 3.27. The van der Waals surface area contributed by atoms with Crippen LogP contribution in [0.15, 0.2) is 42.0 Å². The number of rotatable bonds is 3. The molecule has 4 heterocycles. The number of benzene rings is 1. The summed E-state index contributed by atoms with van der Waals surface area (Å²) in [5, 5.41) is 15.8. The standard InChI is InChI=1S/C23H22FN5OS2/c1-13-9-16(24)5-6-17(13)20-26-27-21(32-20)22(30)29-12-23(3,15-10-25-28(4)11-15)18-7-8-31-19(18)14(29)2/h5-11,14H,12H2,1-4H3/t14-,23+/m1/s1. The molecule has 0 fully saturated rings.